The molecule has 5 nitrogen and oxygen atoms in total. The number of anilines is 1. The zero-order valence-corrected chi connectivity index (χ0v) is 11.2. The first-order chi connectivity index (χ1) is 8.40. The van der Waals surface area contributed by atoms with Crippen LogP contribution in [0.4, 0.5) is 10.5 Å². The van der Waals surface area contributed by atoms with Crippen molar-refractivity contribution in [3.63, 3.8) is 0 Å². The highest BCUT2D eigenvalue weighted by Crippen LogP contribution is 2.43. The molecule has 1 aliphatic rings. The molecular weight excluding hydrogens is 234 g/mol. The Morgan fingerprint density at radius 2 is 1.72 bits per heavy atom. The van der Waals surface area contributed by atoms with E-state index in [0.29, 0.717) is 11.5 Å². The number of carbonyl (C=O) groups is 1. The summed E-state index contributed by atoms with van der Waals surface area (Å²) >= 11 is 0. The van der Waals surface area contributed by atoms with Crippen molar-refractivity contribution in [2.24, 2.45) is 0 Å². The number of cyclic esters (lactones) is 1. The molecule has 1 aliphatic heterocycles. The molecular formula is C13H17NO4. The summed E-state index contributed by atoms with van der Waals surface area (Å²) in [6.07, 6.45) is -0.375. The molecule has 98 valence electrons. The maximum absolute atomic E-state index is 11.8. The molecule has 0 aromatic heterocycles. The van der Waals surface area contributed by atoms with Crippen LogP contribution in [0, 0.1) is 0 Å². The van der Waals surface area contributed by atoms with Gasteiger partial charge in [0.15, 0.2) is 11.5 Å². The van der Waals surface area contributed by atoms with Crippen molar-refractivity contribution in [1.29, 1.82) is 0 Å². The van der Waals surface area contributed by atoms with E-state index in [0.717, 1.165) is 11.3 Å². The number of carbonyl (C=O) groups excluding carboxylic acids is 1. The van der Waals surface area contributed by atoms with Crippen molar-refractivity contribution in [2.75, 3.05) is 26.2 Å². The average Bonchev–Trinajstić information content (AvgIpc) is 2.34. The molecule has 1 aromatic rings. The second-order valence-corrected chi connectivity index (χ2v) is 4.66. The predicted molar refractivity (Wildman–Crippen MR) is 67.5 cm³/mol. The van der Waals surface area contributed by atoms with Gasteiger partial charge in [-0.3, -0.25) is 4.90 Å². The van der Waals surface area contributed by atoms with Crippen molar-refractivity contribution >= 4 is 11.8 Å². The van der Waals surface area contributed by atoms with Crippen LogP contribution in [0.3, 0.4) is 0 Å². The van der Waals surface area contributed by atoms with Gasteiger partial charge < -0.3 is 14.2 Å². The Kier molecular flexibility index (Phi) is 2.84. The molecule has 0 spiro atoms. The highest BCUT2D eigenvalue weighted by Gasteiger charge is 2.37. The molecule has 1 heterocycles. The van der Waals surface area contributed by atoms with E-state index in [-0.39, 0.29) is 6.09 Å². The SMILES string of the molecule is COc1cc2c(cc1OC)C(C)(C)OC(=O)N2C. The second-order valence-electron chi connectivity index (χ2n) is 4.66. The number of ether oxygens (including phenoxy) is 3. The van der Waals surface area contributed by atoms with Crippen LogP contribution in [0.15, 0.2) is 12.1 Å². The van der Waals surface area contributed by atoms with Crippen LogP contribution < -0.4 is 14.4 Å². The lowest BCUT2D eigenvalue weighted by Gasteiger charge is -2.37. The number of hydrogen-bond donors (Lipinski definition) is 0. The van der Waals surface area contributed by atoms with Crippen LogP contribution in [0.2, 0.25) is 0 Å². The van der Waals surface area contributed by atoms with Gasteiger partial charge in [0.1, 0.15) is 5.60 Å². The van der Waals surface area contributed by atoms with Gasteiger partial charge in [0, 0.05) is 18.7 Å². The largest absolute Gasteiger partial charge is 0.493 e. The number of fused-ring (bicyclic) bond motifs is 1. The van der Waals surface area contributed by atoms with Gasteiger partial charge in [0.25, 0.3) is 0 Å². The molecule has 1 amide bonds. The first-order valence-corrected chi connectivity index (χ1v) is 5.64. The summed E-state index contributed by atoms with van der Waals surface area (Å²) in [7, 11) is 4.81. The highest BCUT2D eigenvalue weighted by atomic mass is 16.6. The third kappa shape index (κ3) is 1.75. The number of hydrogen-bond acceptors (Lipinski definition) is 4. The van der Waals surface area contributed by atoms with Crippen LogP contribution in [0.5, 0.6) is 11.5 Å². The Labute approximate surface area is 106 Å². The lowest BCUT2D eigenvalue weighted by Crippen LogP contribution is -2.41. The van der Waals surface area contributed by atoms with Gasteiger partial charge in [-0.15, -0.1) is 0 Å². The zero-order chi connectivity index (χ0) is 13.5. The molecule has 5 heteroatoms. The van der Waals surface area contributed by atoms with Gasteiger partial charge in [-0.1, -0.05) is 0 Å². The van der Waals surface area contributed by atoms with E-state index in [1.165, 1.54) is 4.90 Å². The van der Waals surface area contributed by atoms with Crippen LogP contribution >= 0.6 is 0 Å². The standard InChI is InChI=1S/C13H17NO4/c1-13(2)8-6-10(16-4)11(17-5)7-9(8)14(3)12(15)18-13/h6-7H,1-5H3. The van der Waals surface area contributed by atoms with Crippen molar-refractivity contribution in [2.45, 2.75) is 19.4 Å². The smallest absolute Gasteiger partial charge is 0.414 e. The fourth-order valence-electron chi connectivity index (χ4n) is 2.07. The molecule has 0 saturated heterocycles. The maximum atomic E-state index is 11.8. The molecule has 0 saturated carbocycles. The monoisotopic (exact) mass is 251 g/mol. The number of methoxy groups -OCH3 is 2. The van der Waals surface area contributed by atoms with E-state index in [2.05, 4.69) is 0 Å². The first-order valence-electron chi connectivity index (χ1n) is 5.64. The van der Waals surface area contributed by atoms with Crippen LogP contribution in [0.1, 0.15) is 19.4 Å². The topological polar surface area (TPSA) is 48.0 Å². The van der Waals surface area contributed by atoms with Crippen molar-refractivity contribution in [3.05, 3.63) is 17.7 Å². The van der Waals surface area contributed by atoms with Crippen molar-refractivity contribution < 1.29 is 19.0 Å². The number of benzene rings is 1. The van der Waals surface area contributed by atoms with Gasteiger partial charge in [0.2, 0.25) is 0 Å². The Balaban J connectivity index is 2.66. The van der Waals surface area contributed by atoms with E-state index in [9.17, 15) is 4.79 Å². The Bertz CT molecular complexity index is 496. The number of rotatable bonds is 2. The Hall–Kier alpha value is -1.91. The maximum Gasteiger partial charge on any atom is 0.414 e. The van der Waals surface area contributed by atoms with Crippen molar-refractivity contribution in [3.8, 4) is 11.5 Å². The van der Waals surface area contributed by atoms with Gasteiger partial charge in [0.05, 0.1) is 19.9 Å². The molecule has 0 radical (unpaired) electrons. The minimum atomic E-state index is -0.682. The molecule has 18 heavy (non-hydrogen) atoms. The lowest BCUT2D eigenvalue weighted by molar-refractivity contribution is 0.0359. The summed E-state index contributed by atoms with van der Waals surface area (Å²) in [5.74, 6) is 1.21. The lowest BCUT2D eigenvalue weighted by atomic mass is 9.93. The average molecular weight is 251 g/mol. The van der Waals surface area contributed by atoms with Crippen LogP contribution in [-0.2, 0) is 10.3 Å². The summed E-state index contributed by atoms with van der Waals surface area (Å²) in [5.41, 5.74) is 0.981. The zero-order valence-electron chi connectivity index (χ0n) is 11.2. The molecule has 0 unspecified atom stereocenters. The normalized spacial score (nSPS) is 16.9. The van der Waals surface area contributed by atoms with E-state index in [1.807, 2.05) is 19.9 Å². The van der Waals surface area contributed by atoms with E-state index < -0.39 is 5.60 Å². The van der Waals surface area contributed by atoms with E-state index in [1.54, 1.807) is 27.3 Å². The molecule has 0 N–H and O–H groups in total. The first kappa shape index (κ1) is 12.5. The van der Waals surface area contributed by atoms with Crippen LogP contribution in [0.25, 0.3) is 0 Å². The summed E-state index contributed by atoms with van der Waals surface area (Å²) < 4.78 is 15.9. The predicted octanol–water partition coefficient (Wildman–Crippen LogP) is 2.53. The fraction of sp³-hybridized carbons (Fsp3) is 0.462. The molecule has 0 bridgehead atoms. The summed E-state index contributed by atoms with van der Waals surface area (Å²) in [5, 5.41) is 0. The van der Waals surface area contributed by atoms with Gasteiger partial charge >= 0.3 is 6.09 Å². The quantitative estimate of drug-likeness (QED) is 0.810. The molecule has 0 aliphatic carbocycles. The molecule has 0 fully saturated rings. The molecule has 2 rings (SSSR count). The number of amides is 1. The van der Waals surface area contributed by atoms with Gasteiger partial charge in [-0.05, 0) is 19.9 Å². The third-order valence-corrected chi connectivity index (χ3v) is 3.13. The Morgan fingerprint density at radius 1 is 1.17 bits per heavy atom. The molecule has 0 atom stereocenters. The minimum absolute atomic E-state index is 0.375. The van der Waals surface area contributed by atoms with Gasteiger partial charge in [-0.2, -0.15) is 0 Å². The molecule has 1 aromatic carbocycles. The Morgan fingerprint density at radius 3 is 2.28 bits per heavy atom. The summed E-state index contributed by atoms with van der Waals surface area (Å²) in [6.45, 7) is 3.70. The van der Waals surface area contributed by atoms with Crippen molar-refractivity contribution in [1.82, 2.24) is 0 Å². The van der Waals surface area contributed by atoms with E-state index >= 15 is 0 Å². The highest BCUT2D eigenvalue weighted by molar-refractivity contribution is 5.91. The second kappa shape index (κ2) is 4.08. The van der Waals surface area contributed by atoms with Crippen LogP contribution in [-0.4, -0.2) is 27.4 Å². The minimum Gasteiger partial charge on any atom is -0.493 e. The number of nitrogens with zero attached hydrogens (tertiary/aromatic N) is 1. The summed E-state index contributed by atoms with van der Waals surface area (Å²) in [6, 6.07) is 3.63. The third-order valence-electron chi connectivity index (χ3n) is 3.13. The summed E-state index contributed by atoms with van der Waals surface area (Å²) in [4.78, 5) is 13.2. The van der Waals surface area contributed by atoms with E-state index in [4.69, 9.17) is 14.2 Å². The van der Waals surface area contributed by atoms with Gasteiger partial charge in [-0.25, -0.2) is 4.79 Å². The fourth-order valence-corrected chi connectivity index (χ4v) is 2.07.